The highest BCUT2D eigenvalue weighted by Crippen LogP contribution is 2.17. The summed E-state index contributed by atoms with van der Waals surface area (Å²) in [5.74, 6) is 0.729. The SMILES string of the molecule is CCCCCCOc1ccc(NC(=O)CCCC(=O)N(C)c2ccccc2)cc1. The molecule has 0 heterocycles. The minimum absolute atomic E-state index is 0.00411. The molecule has 2 aromatic carbocycles. The van der Waals surface area contributed by atoms with E-state index in [2.05, 4.69) is 12.2 Å². The van der Waals surface area contributed by atoms with Crippen molar-refractivity contribution in [3.05, 3.63) is 54.6 Å². The van der Waals surface area contributed by atoms with E-state index in [1.54, 1.807) is 11.9 Å². The Morgan fingerprint density at radius 1 is 0.897 bits per heavy atom. The average Bonchev–Trinajstić information content (AvgIpc) is 2.74. The first-order valence-electron chi connectivity index (χ1n) is 10.4. The summed E-state index contributed by atoms with van der Waals surface area (Å²) in [7, 11) is 1.76. The molecule has 0 aromatic heterocycles. The van der Waals surface area contributed by atoms with Gasteiger partial charge in [0, 0.05) is 31.3 Å². The molecule has 0 atom stereocenters. The number of benzene rings is 2. The molecule has 0 saturated heterocycles. The molecule has 0 saturated carbocycles. The Kier molecular flexibility index (Phi) is 9.76. The van der Waals surface area contributed by atoms with Gasteiger partial charge in [0.25, 0.3) is 0 Å². The van der Waals surface area contributed by atoms with Crippen LogP contribution in [0.4, 0.5) is 11.4 Å². The highest BCUT2D eigenvalue weighted by atomic mass is 16.5. The first kappa shape index (κ1) is 22.5. The monoisotopic (exact) mass is 396 g/mol. The van der Waals surface area contributed by atoms with Crippen LogP contribution in [0.1, 0.15) is 51.9 Å². The molecular weight excluding hydrogens is 364 g/mol. The Morgan fingerprint density at radius 3 is 2.31 bits per heavy atom. The average molecular weight is 397 g/mol. The predicted molar refractivity (Wildman–Crippen MR) is 118 cm³/mol. The van der Waals surface area contributed by atoms with Gasteiger partial charge < -0.3 is 15.0 Å². The van der Waals surface area contributed by atoms with E-state index in [9.17, 15) is 9.59 Å². The maximum atomic E-state index is 12.2. The van der Waals surface area contributed by atoms with Gasteiger partial charge in [-0.3, -0.25) is 9.59 Å². The van der Waals surface area contributed by atoms with Crippen LogP contribution in [0.15, 0.2) is 54.6 Å². The number of unbranched alkanes of at least 4 members (excludes halogenated alkanes) is 3. The second kappa shape index (κ2) is 12.6. The quantitative estimate of drug-likeness (QED) is 0.488. The lowest BCUT2D eigenvalue weighted by Crippen LogP contribution is -2.26. The van der Waals surface area contributed by atoms with Crippen LogP contribution in [0.25, 0.3) is 0 Å². The number of carbonyl (C=O) groups is 2. The fraction of sp³-hybridized carbons (Fsp3) is 0.417. The summed E-state index contributed by atoms with van der Waals surface area (Å²) in [6.07, 6.45) is 5.86. The molecule has 2 amide bonds. The van der Waals surface area contributed by atoms with Gasteiger partial charge in [-0.15, -0.1) is 0 Å². The maximum absolute atomic E-state index is 12.2. The molecule has 156 valence electrons. The van der Waals surface area contributed by atoms with Crippen molar-refractivity contribution in [3.8, 4) is 5.75 Å². The van der Waals surface area contributed by atoms with Crippen LogP contribution in [0.5, 0.6) is 5.75 Å². The van der Waals surface area contributed by atoms with Crippen LogP contribution < -0.4 is 15.0 Å². The largest absolute Gasteiger partial charge is 0.494 e. The van der Waals surface area contributed by atoms with Gasteiger partial charge in [-0.2, -0.15) is 0 Å². The molecule has 0 spiro atoms. The van der Waals surface area contributed by atoms with Crippen molar-refractivity contribution in [1.29, 1.82) is 0 Å². The van der Waals surface area contributed by atoms with Gasteiger partial charge in [-0.1, -0.05) is 44.4 Å². The first-order valence-corrected chi connectivity index (χ1v) is 10.4. The number of hydrogen-bond donors (Lipinski definition) is 1. The van der Waals surface area contributed by atoms with E-state index in [0.717, 1.165) is 30.2 Å². The molecule has 2 aromatic rings. The van der Waals surface area contributed by atoms with Gasteiger partial charge in [0.2, 0.25) is 11.8 Å². The third kappa shape index (κ3) is 8.38. The number of nitrogens with one attached hydrogen (secondary N) is 1. The molecule has 5 nitrogen and oxygen atoms in total. The summed E-state index contributed by atoms with van der Waals surface area (Å²) < 4.78 is 5.71. The van der Waals surface area contributed by atoms with E-state index in [4.69, 9.17) is 4.74 Å². The second-order valence-electron chi connectivity index (χ2n) is 7.12. The number of anilines is 2. The van der Waals surface area contributed by atoms with Crippen molar-refractivity contribution >= 4 is 23.2 Å². The van der Waals surface area contributed by atoms with Gasteiger partial charge in [-0.05, 0) is 49.2 Å². The van der Waals surface area contributed by atoms with Crippen molar-refractivity contribution in [3.63, 3.8) is 0 Å². The maximum Gasteiger partial charge on any atom is 0.226 e. The highest BCUT2D eigenvalue weighted by molar-refractivity contribution is 5.94. The van der Waals surface area contributed by atoms with Gasteiger partial charge in [0.1, 0.15) is 5.75 Å². The Morgan fingerprint density at radius 2 is 1.62 bits per heavy atom. The van der Waals surface area contributed by atoms with Crippen LogP contribution in [0.2, 0.25) is 0 Å². The predicted octanol–water partition coefficient (Wildman–Crippen LogP) is 5.42. The van der Waals surface area contributed by atoms with Crippen LogP contribution in [-0.2, 0) is 9.59 Å². The summed E-state index contributed by atoms with van der Waals surface area (Å²) in [6.45, 7) is 2.91. The van der Waals surface area contributed by atoms with E-state index in [1.165, 1.54) is 19.3 Å². The lowest BCUT2D eigenvalue weighted by molar-refractivity contribution is -0.118. The van der Waals surface area contributed by atoms with E-state index in [0.29, 0.717) is 19.3 Å². The zero-order valence-corrected chi connectivity index (χ0v) is 17.5. The molecule has 0 aliphatic rings. The molecule has 2 rings (SSSR count). The molecule has 0 fully saturated rings. The molecule has 1 N–H and O–H groups in total. The van der Waals surface area contributed by atoms with Crippen LogP contribution in [0, 0.1) is 0 Å². The highest BCUT2D eigenvalue weighted by Gasteiger charge is 2.11. The van der Waals surface area contributed by atoms with Gasteiger partial charge in [0.05, 0.1) is 6.61 Å². The van der Waals surface area contributed by atoms with Crippen molar-refractivity contribution in [2.24, 2.45) is 0 Å². The summed E-state index contributed by atoms with van der Waals surface area (Å²) >= 11 is 0. The van der Waals surface area contributed by atoms with Crippen LogP contribution in [0.3, 0.4) is 0 Å². The number of para-hydroxylation sites is 1. The van der Waals surface area contributed by atoms with E-state index < -0.39 is 0 Å². The summed E-state index contributed by atoms with van der Waals surface area (Å²) in [4.78, 5) is 26.0. The first-order chi connectivity index (χ1) is 14.1. The summed E-state index contributed by atoms with van der Waals surface area (Å²) in [5.41, 5.74) is 1.59. The van der Waals surface area contributed by atoms with Crippen molar-refractivity contribution < 1.29 is 14.3 Å². The van der Waals surface area contributed by atoms with E-state index in [1.807, 2.05) is 54.6 Å². The minimum atomic E-state index is -0.0894. The van der Waals surface area contributed by atoms with E-state index >= 15 is 0 Å². The molecule has 0 aliphatic carbocycles. The zero-order valence-electron chi connectivity index (χ0n) is 17.5. The van der Waals surface area contributed by atoms with Crippen molar-refractivity contribution in [2.75, 3.05) is 23.9 Å². The Hall–Kier alpha value is -2.82. The van der Waals surface area contributed by atoms with Gasteiger partial charge in [-0.25, -0.2) is 0 Å². The standard InChI is InChI=1S/C24H32N2O3/c1-3-4-5-9-19-29-22-17-15-20(16-18-22)25-23(27)13-10-14-24(28)26(2)21-11-7-6-8-12-21/h6-8,11-12,15-18H,3-5,9-10,13-14,19H2,1-2H3,(H,25,27). The number of hydrogen-bond acceptors (Lipinski definition) is 3. The number of ether oxygens (including phenoxy) is 1. The van der Waals surface area contributed by atoms with Gasteiger partial charge >= 0.3 is 0 Å². The number of amides is 2. The topological polar surface area (TPSA) is 58.6 Å². The summed E-state index contributed by atoms with van der Waals surface area (Å²) in [5, 5.41) is 2.87. The number of carbonyl (C=O) groups excluding carboxylic acids is 2. The Balaban J connectivity index is 1.66. The van der Waals surface area contributed by atoms with Gasteiger partial charge in [0.15, 0.2) is 0 Å². The molecule has 0 radical (unpaired) electrons. The smallest absolute Gasteiger partial charge is 0.226 e. The molecular formula is C24H32N2O3. The fourth-order valence-corrected chi connectivity index (χ4v) is 2.94. The lowest BCUT2D eigenvalue weighted by atomic mass is 10.2. The zero-order chi connectivity index (χ0) is 20.9. The second-order valence-corrected chi connectivity index (χ2v) is 7.12. The third-order valence-corrected chi connectivity index (χ3v) is 4.72. The molecule has 29 heavy (non-hydrogen) atoms. The molecule has 0 bridgehead atoms. The third-order valence-electron chi connectivity index (χ3n) is 4.72. The molecule has 5 heteroatoms. The van der Waals surface area contributed by atoms with Crippen LogP contribution >= 0.6 is 0 Å². The fourth-order valence-electron chi connectivity index (χ4n) is 2.94. The Labute approximate surface area is 174 Å². The minimum Gasteiger partial charge on any atom is -0.494 e. The van der Waals surface area contributed by atoms with E-state index in [-0.39, 0.29) is 11.8 Å². The number of nitrogens with zero attached hydrogens (tertiary/aromatic N) is 1. The molecule has 0 unspecified atom stereocenters. The lowest BCUT2D eigenvalue weighted by Gasteiger charge is -2.17. The Bertz CT molecular complexity index is 744. The normalized spacial score (nSPS) is 10.4. The summed E-state index contributed by atoms with van der Waals surface area (Å²) in [6, 6.07) is 16.9. The van der Waals surface area contributed by atoms with Crippen molar-refractivity contribution in [2.45, 2.75) is 51.9 Å². The van der Waals surface area contributed by atoms with Crippen LogP contribution in [-0.4, -0.2) is 25.5 Å². The van der Waals surface area contributed by atoms with Crippen molar-refractivity contribution in [1.82, 2.24) is 0 Å². The molecule has 0 aliphatic heterocycles. The number of rotatable bonds is 12.